The molecule has 0 fully saturated rings. The highest BCUT2D eigenvalue weighted by Crippen LogP contribution is 2.52. The van der Waals surface area contributed by atoms with E-state index < -0.39 is 34.9 Å². The van der Waals surface area contributed by atoms with Crippen molar-refractivity contribution in [1.82, 2.24) is 5.32 Å². The molecule has 1 heterocycles. The van der Waals surface area contributed by atoms with Gasteiger partial charge in [0, 0.05) is 34.5 Å². The summed E-state index contributed by atoms with van der Waals surface area (Å²) in [6.45, 7) is -0.00805. The van der Waals surface area contributed by atoms with E-state index in [1.54, 1.807) is 24.3 Å². The van der Waals surface area contributed by atoms with E-state index in [1.807, 2.05) is 0 Å². The molecule has 1 aliphatic carbocycles. The fourth-order valence-corrected chi connectivity index (χ4v) is 4.29. The number of hydrogen-bond acceptors (Lipinski definition) is 4. The second-order valence-corrected chi connectivity index (χ2v) is 8.54. The maximum atomic E-state index is 14.2. The molecule has 0 bridgehead atoms. The minimum atomic E-state index is -4.86. The predicted octanol–water partition coefficient (Wildman–Crippen LogP) is 5.28. The van der Waals surface area contributed by atoms with Crippen LogP contribution in [0, 0.1) is 17.2 Å². The van der Waals surface area contributed by atoms with Crippen LogP contribution < -0.4 is 5.32 Å². The summed E-state index contributed by atoms with van der Waals surface area (Å²) < 4.78 is 42.7. The Morgan fingerprint density at radius 1 is 1.29 bits per heavy atom. The van der Waals surface area contributed by atoms with Gasteiger partial charge in [-0.05, 0) is 18.2 Å². The summed E-state index contributed by atoms with van der Waals surface area (Å²) in [6, 6.07) is 5.27. The summed E-state index contributed by atoms with van der Waals surface area (Å²) in [6.07, 6.45) is 0.472. The van der Waals surface area contributed by atoms with E-state index in [2.05, 4.69) is 10.5 Å². The average Bonchev–Trinajstić information content (AvgIpc) is 3.14. The van der Waals surface area contributed by atoms with Crippen molar-refractivity contribution in [2.24, 2.45) is 11.1 Å². The number of oxime groups is 1. The number of carbonyl (C=O) groups excluding carboxylic acids is 1. The first-order valence-corrected chi connectivity index (χ1v) is 10.1. The number of nitriles is 1. The lowest BCUT2D eigenvalue weighted by atomic mass is 9.78. The minimum absolute atomic E-state index is 0.00805. The maximum absolute atomic E-state index is 14.2. The molecule has 3 atom stereocenters. The van der Waals surface area contributed by atoms with Crippen LogP contribution in [0.4, 0.5) is 13.2 Å². The number of halogens is 6. The van der Waals surface area contributed by atoms with Crippen molar-refractivity contribution >= 4 is 46.4 Å². The second kappa shape index (κ2) is 8.73. The summed E-state index contributed by atoms with van der Waals surface area (Å²) >= 11 is 18.6. The standard InChI is InChI=1S/C20H15Cl3F3N3O2/c21-14-7-13(8-15(22)9-14)19(20(24,25)26)10-16(29-31-19)18(23)5-2-1-3-12(18)11-28-17(30)4-6-27/h1-3,5,7-9,12H,4,10-11H2,(H,28,30). The highest BCUT2D eigenvalue weighted by atomic mass is 35.5. The molecule has 5 nitrogen and oxygen atoms in total. The van der Waals surface area contributed by atoms with Crippen LogP contribution in [0.15, 0.2) is 47.7 Å². The second-order valence-electron chi connectivity index (χ2n) is 7.05. The van der Waals surface area contributed by atoms with Gasteiger partial charge in [-0.1, -0.05) is 52.7 Å². The molecule has 0 spiro atoms. The highest BCUT2D eigenvalue weighted by Gasteiger charge is 2.64. The molecule has 1 aromatic rings. The molecule has 1 amide bonds. The SMILES string of the molecule is N#CCC(=O)NCC1C=CC=CC1(Cl)C1=NOC(c2cc(Cl)cc(Cl)c2)(C(F)(F)F)C1. The summed E-state index contributed by atoms with van der Waals surface area (Å²) in [5.41, 5.74) is -3.18. The molecule has 164 valence electrons. The van der Waals surface area contributed by atoms with Crippen molar-refractivity contribution in [3.8, 4) is 6.07 Å². The Hall–Kier alpha value is -2.21. The smallest absolute Gasteiger partial charge is 0.374 e. The molecule has 3 rings (SSSR count). The Bertz CT molecular complexity index is 999. The largest absolute Gasteiger partial charge is 0.435 e. The van der Waals surface area contributed by atoms with Crippen LogP contribution in [0.5, 0.6) is 0 Å². The number of amides is 1. The van der Waals surface area contributed by atoms with Crippen LogP contribution in [0.3, 0.4) is 0 Å². The van der Waals surface area contributed by atoms with Crippen molar-refractivity contribution in [2.45, 2.75) is 29.5 Å². The first kappa shape index (κ1) is 23.5. The zero-order valence-corrected chi connectivity index (χ0v) is 18.0. The van der Waals surface area contributed by atoms with E-state index >= 15 is 0 Å². The molecule has 0 radical (unpaired) electrons. The van der Waals surface area contributed by atoms with E-state index in [4.69, 9.17) is 44.9 Å². The number of nitrogens with one attached hydrogen (secondary N) is 1. The van der Waals surface area contributed by atoms with E-state index in [1.165, 1.54) is 12.1 Å². The molecule has 0 saturated carbocycles. The fraction of sp³-hybridized carbons (Fsp3) is 0.350. The van der Waals surface area contributed by atoms with Crippen molar-refractivity contribution in [2.75, 3.05) is 6.54 Å². The van der Waals surface area contributed by atoms with Crippen LogP contribution in [-0.2, 0) is 15.2 Å². The van der Waals surface area contributed by atoms with Crippen molar-refractivity contribution in [3.05, 3.63) is 58.1 Å². The predicted molar refractivity (Wildman–Crippen MR) is 111 cm³/mol. The molecule has 2 aliphatic rings. The number of alkyl halides is 4. The van der Waals surface area contributed by atoms with Gasteiger partial charge < -0.3 is 10.2 Å². The molecule has 1 aliphatic heterocycles. The van der Waals surface area contributed by atoms with Gasteiger partial charge in [0.25, 0.3) is 5.60 Å². The molecule has 0 saturated heterocycles. The van der Waals surface area contributed by atoms with Crippen molar-refractivity contribution < 1.29 is 22.8 Å². The summed E-state index contributed by atoms with van der Waals surface area (Å²) in [5, 5.41) is 14.9. The Kier molecular flexibility index (Phi) is 6.61. The normalized spacial score (nSPS) is 27.4. The van der Waals surface area contributed by atoms with E-state index in [-0.39, 0.29) is 34.3 Å². The summed E-state index contributed by atoms with van der Waals surface area (Å²) in [7, 11) is 0. The van der Waals surface area contributed by atoms with E-state index in [9.17, 15) is 18.0 Å². The lowest BCUT2D eigenvalue weighted by Gasteiger charge is -2.34. The zero-order valence-electron chi connectivity index (χ0n) is 15.7. The summed E-state index contributed by atoms with van der Waals surface area (Å²) in [5.74, 6) is -1.15. The minimum Gasteiger partial charge on any atom is -0.374 e. The average molecular weight is 493 g/mol. The Labute approximate surface area is 191 Å². The van der Waals surface area contributed by atoms with Gasteiger partial charge in [-0.25, -0.2) is 0 Å². The molecular weight excluding hydrogens is 478 g/mol. The number of nitrogens with zero attached hydrogens (tertiary/aromatic N) is 2. The molecule has 1 aromatic carbocycles. The molecule has 1 N–H and O–H groups in total. The third-order valence-corrected chi connectivity index (χ3v) is 6.11. The highest BCUT2D eigenvalue weighted by molar-refractivity contribution is 6.38. The van der Waals surface area contributed by atoms with E-state index in [0.29, 0.717) is 0 Å². The molecule has 11 heteroatoms. The number of benzene rings is 1. The number of allylic oxidation sites excluding steroid dienone is 3. The van der Waals surface area contributed by atoms with Crippen molar-refractivity contribution in [3.63, 3.8) is 0 Å². The molecule has 0 aromatic heterocycles. The Morgan fingerprint density at radius 3 is 2.58 bits per heavy atom. The van der Waals surface area contributed by atoms with Crippen LogP contribution in [0.2, 0.25) is 10.0 Å². The van der Waals surface area contributed by atoms with Gasteiger partial charge in [0.2, 0.25) is 5.91 Å². The van der Waals surface area contributed by atoms with Crippen LogP contribution in [-0.4, -0.2) is 29.2 Å². The van der Waals surface area contributed by atoms with Crippen LogP contribution >= 0.6 is 34.8 Å². The van der Waals surface area contributed by atoms with Crippen LogP contribution in [0.1, 0.15) is 18.4 Å². The van der Waals surface area contributed by atoms with Gasteiger partial charge >= 0.3 is 6.18 Å². The topological polar surface area (TPSA) is 74.5 Å². The van der Waals surface area contributed by atoms with Crippen molar-refractivity contribution in [1.29, 1.82) is 5.26 Å². The lowest BCUT2D eigenvalue weighted by molar-refractivity contribution is -0.275. The maximum Gasteiger partial charge on any atom is 0.435 e. The van der Waals surface area contributed by atoms with Gasteiger partial charge in [-0.3, -0.25) is 4.79 Å². The summed E-state index contributed by atoms with van der Waals surface area (Å²) in [4.78, 5) is 15.2. The lowest BCUT2D eigenvalue weighted by Crippen LogP contribution is -2.48. The first-order chi connectivity index (χ1) is 14.5. The Morgan fingerprint density at radius 2 is 1.97 bits per heavy atom. The quantitative estimate of drug-likeness (QED) is 0.569. The fourth-order valence-electron chi connectivity index (χ4n) is 3.44. The van der Waals surface area contributed by atoms with Gasteiger partial charge in [-0.15, -0.1) is 11.6 Å². The van der Waals surface area contributed by atoms with Gasteiger partial charge in [0.15, 0.2) is 0 Å². The van der Waals surface area contributed by atoms with Gasteiger partial charge in [0.05, 0.1) is 11.8 Å². The number of rotatable bonds is 5. The Balaban J connectivity index is 1.92. The van der Waals surface area contributed by atoms with E-state index in [0.717, 1.165) is 12.1 Å². The molecule has 3 unspecified atom stereocenters. The third-order valence-electron chi connectivity index (χ3n) is 5.05. The first-order valence-electron chi connectivity index (χ1n) is 8.99. The monoisotopic (exact) mass is 491 g/mol. The van der Waals surface area contributed by atoms with Gasteiger partial charge in [-0.2, -0.15) is 18.4 Å². The number of hydrogen-bond donors (Lipinski definition) is 1. The third kappa shape index (κ3) is 4.54. The van der Waals surface area contributed by atoms with Crippen LogP contribution in [0.25, 0.3) is 0 Å². The van der Waals surface area contributed by atoms with Gasteiger partial charge in [0.1, 0.15) is 11.3 Å². The molecule has 31 heavy (non-hydrogen) atoms. The number of carbonyl (C=O) groups is 1. The zero-order chi connectivity index (χ0) is 22.9. The molecular formula is C20H15Cl3F3N3O2.